The Hall–Kier alpha value is -2.55. The van der Waals surface area contributed by atoms with E-state index in [0.29, 0.717) is 22.7 Å². The molecule has 5 nitrogen and oxygen atoms in total. The Morgan fingerprint density at radius 3 is 2.81 bits per heavy atom. The maximum absolute atomic E-state index is 12.5. The predicted octanol–water partition coefficient (Wildman–Crippen LogP) is 3.79. The SMILES string of the molecule is O=C1NC(c2ccccn2)CC2=Nc3ccc(OC(F)(F)F)cc3SC12. The number of aromatic nitrogens is 1. The van der Waals surface area contributed by atoms with Gasteiger partial charge in [-0.15, -0.1) is 24.9 Å². The van der Waals surface area contributed by atoms with Gasteiger partial charge in [0.2, 0.25) is 5.91 Å². The molecule has 0 saturated carbocycles. The van der Waals surface area contributed by atoms with Crippen LogP contribution in [-0.4, -0.2) is 28.2 Å². The lowest BCUT2D eigenvalue weighted by Gasteiger charge is -2.32. The average molecular weight is 379 g/mol. The molecule has 0 bridgehead atoms. The van der Waals surface area contributed by atoms with Crippen molar-refractivity contribution >= 4 is 29.1 Å². The Balaban J connectivity index is 1.62. The van der Waals surface area contributed by atoms with E-state index >= 15 is 0 Å². The molecule has 2 atom stereocenters. The minimum absolute atomic E-state index is 0.233. The van der Waals surface area contributed by atoms with Crippen molar-refractivity contribution in [2.45, 2.75) is 29.0 Å². The number of benzene rings is 1. The van der Waals surface area contributed by atoms with Crippen molar-refractivity contribution in [3.63, 3.8) is 0 Å². The number of nitrogens with zero attached hydrogens (tertiary/aromatic N) is 2. The predicted molar refractivity (Wildman–Crippen MR) is 89.6 cm³/mol. The van der Waals surface area contributed by atoms with Crippen LogP contribution in [0.4, 0.5) is 18.9 Å². The van der Waals surface area contributed by atoms with Crippen molar-refractivity contribution in [3.05, 3.63) is 48.3 Å². The van der Waals surface area contributed by atoms with Gasteiger partial charge in [-0.3, -0.25) is 14.8 Å². The van der Waals surface area contributed by atoms with Gasteiger partial charge in [0.15, 0.2) is 0 Å². The first-order valence-electron chi connectivity index (χ1n) is 7.74. The number of hydrogen-bond donors (Lipinski definition) is 1. The number of alkyl halides is 3. The van der Waals surface area contributed by atoms with Crippen LogP contribution in [0.5, 0.6) is 5.75 Å². The van der Waals surface area contributed by atoms with Crippen molar-refractivity contribution in [3.8, 4) is 5.75 Å². The van der Waals surface area contributed by atoms with Gasteiger partial charge in [0, 0.05) is 23.2 Å². The minimum atomic E-state index is -4.76. The van der Waals surface area contributed by atoms with Crippen molar-refractivity contribution in [1.29, 1.82) is 0 Å². The highest BCUT2D eigenvalue weighted by atomic mass is 32.2. The highest BCUT2D eigenvalue weighted by molar-refractivity contribution is 8.01. The van der Waals surface area contributed by atoms with Crippen LogP contribution < -0.4 is 10.1 Å². The lowest BCUT2D eigenvalue weighted by Crippen LogP contribution is -2.47. The van der Waals surface area contributed by atoms with E-state index < -0.39 is 11.6 Å². The van der Waals surface area contributed by atoms with Gasteiger partial charge in [-0.1, -0.05) is 6.07 Å². The number of fused-ring (bicyclic) bond motifs is 2. The van der Waals surface area contributed by atoms with E-state index in [9.17, 15) is 18.0 Å². The van der Waals surface area contributed by atoms with Crippen molar-refractivity contribution < 1.29 is 22.7 Å². The highest BCUT2D eigenvalue weighted by Crippen LogP contribution is 2.43. The van der Waals surface area contributed by atoms with E-state index in [-0.39, 0.29) is 17.7 Å². The number of carbonyl (C=O) groups is 1. The molecule has 26 heavy (non-hydrogen) atoms. The summed E-state index contributed by atoms with van der Waals surface area (Å²) in [5.41, 5.74) is 1.96. The Morgan fingerprint density at radius 1 is 1.23 bits per heavy atom. The van der Waals surface area contributed by atoms with E-state index in [4.69, 9.17) is 0 Å². The normalized spacial score (nSPS) is 22.0. The monoisotopic (exact) mass is 379 g/mol. The fourth-order valence-electron chi connectivity index (χ4n) is 2.91. The molecule has 1 fully saturated rings. The first kappa shape index (κ1) is 16.9. The average Bonchev–Trinajstić information content (AvgIpc) is 2.60. The molecular weight excluding hydrogens is 367 g/mol. The van der Waals surface area contributed by atoms with Gasteiger partial charge >= 0.3 is 6.36 Å². The summed E-state index contributed by atoms with van der Waals surface area (Å²) >= 11 is 1.18. The molecule has 0 radical (unpaired) electrons. The highest BCUT2D eigenvalue weighted by Gasteiger charge is 2.38. The van der Waals surface area contributed by atoms with E-state index in [2.05, 4.69) is 20.0 Å². The summed E-state index contributed by atoms with van der Waals surface area (Å²) in [6.45, 7) is 0. The quantitative estimate of drug-likeness (QED) is 0.862. The van der Waals surface area contributed by atoms with E-state index in [1.165, 1.54) is 30.0 Å². The van der Waals surface area contributed by atoms with Crippen LogP contribution in [0.1, 0.15) is 18.2 Å². The fourth-order valence-corrected chi connectivity index (χ4v) is 4.04. The Kier molecular flexibility index (Phi) is 4.10. The Bertz CT molecular complexity index is 887. The number of halogens is 3. The number of hydrogen-bond acceptors (Lipinski definition) is 5. The number of thioether (sulfide) groups is 1. The molecule has 1 saturated heterocycles. The van der Waals surface area contributed by atoms with Crippen LogP contribution in [0.15, 0.2) is 52.5 Å². The molecule has 2 unspecified atom stereocenters. The van der Waals surface area contributed by atoms with Crippen LogP contribution in [-0.2, 0) is 4.79 Å². The first-order chi connectivity index (χ1) is 12.4. The maximum Gasteiger partial charge on any atom is 0.573 e. The Morgan fingerprint density at radius 2 is 2.08 bits per heavy atom. The molecule has 9 heteroatoms. The lowest BCUT2D eigenvalue weighted by molar-refractivity contribution is -0.274. The summed E-state index contributed by atoms with van der Waals surface area (Å²) in [7, 11) is 0. The second-order valence-corrected chi connectivity index (χ2v) is 6.95. The molecule has 1 aromatic carbocycles. The van der Waals surface area contributed by atoms with Crippen LogP contribution in [0.2, 0.25) is 0 Å². The van der Waals surface area contributed by atoms with Gasteiger partial charge in [-0.05, 0) is 30.3 Å². The van der Waals surface area contributed by atoms with E-state index in [0.717, 1.165) is 5.69 Å². The summed E-state index contributed by atoms with van der Waals surface area (Å²) < 4.78 is 41.1. The zero-order chi connectivity index (χ0) is 18.3. The number of pyridine rings is 1. The smallest absolute Gasteiger partial charge is 0.406 e. The van der Waals surface area contributed by atoms with Gasteiger partial charge in [-0.2, -0.15) is 0 Å². The molecule has 1 N–H and O–H groups in total. The van der Waals surface area contributed by atoms with Gasteiger partial charge < -0.3 is 10.1 Å². The largest absolute Gasteiger partial charge is 0.573 e. The molecule has 1 aromatic heterocycles. The first-order valence-corrected chi connectivity index (χ1v) is 8.62. The van der Waals surface area contributed by atoms with Crippen LogP contribution in [0, 0.1) is 0 Å². The lowest BCUT2D eigenvalue weighted by atomic mass is 9.98. The number of aliphatic imine (C=N–C) groups is 1. The molecule has 0 aliphatic carbocycles. The third kappa shape index (κ3) is 3.39. The number of carbonyl (C=O) groups excluding carboxylic acids is 1. The topological polar surface area (TPSA) is 63.6 Å². The van der Waals surface area contributed by atoms with E-state index in [1.54, 1.807) is 12.3 Å². The van der Waals surface area contributed by atoms with Gasteiger partial charge in [0.1, 0.15) is 11.0 Å². The molecule has 2 aromatic rings. The van der Waals surface area contributed by atoms with Crippen molar-refractivity contribution in [2.75, 3.05) is 0 Å². The second kappa shape index (κ2) is 6.31. The van der Waals surface area contributed by atoms with Crippen molar-refractivity contribution in [1.82, 2.24) is 10.3 Å². The number of piperidine rings is 1. The standard InChI is InChI=1S/C17H12F3N3O2S/c18-17(19,20)25-9-4-5-11-14(7-9)26-15-13(22-11)8-12(23-16(15)24)10-3-1-2-6-21-10/h1-7,12,15H,8H2,(H,23,24). The molecule has 2 aliphatic rings. The summed E-state index contributed by atoms with van der Waals surface area (Å²) in [5.74, 6) is -0.562. The number of amides is 1. The molecule has 134 valence electrons. The third-order valence-corrected chi connectivity index (χ3v) is 5.29. The molecule has 4 rings (SSSR count). The Labute approximate surface area is 150 Å². The third-order valence-electron chi connectivity index (χ3n) is 3.99. The summed E-state index contributed by atoms with van der Waals surface area (Å²) in [6.07, 6.45) is -2.61. The van der Waals surface area contributed by atoms with Crippen molar-refractivity contribution in [2.24, 2.45) is 4.99 Å². The number of nitrogens with one attached hydrogen (secondary N) is 1. The minimum Gasteiger partial charge on any atom is -0.406 e. The fraction of sp³-hybridized carbons (Fsp3) is 0.235. The maximum atomic E-state index is 12.5. The number of ether oxygens (including phenoxy) is 1. The van der Waals surface area contributed by atoms with Gasteiger partial charge in [0.05, 0.1) is 17.4 Å². The van der Waals surface area contributed by atoms with Gasteiger partial charge in [-0.25, -0.2) is 0 Å². The molecule has 1 amide bonds. The zero-order valence-electron chi connectivity index (χ0n) is 13.2. The molecular formula is C17H12F3N3O2S. The molecule has 3 heterocycles. The van der Waals surface area contributed by atoms with Crippen LogP contribution in [0.3, 0.4) is 0 Å². The number of rotatable bonds is 2. The summed E-state index contributed by atoms with van der Waals surface area (Å²) in [4.78, 5) is 21.7. The zero-order valence-corrected chi connectivity index (χ0v) is 14.0. The van der Waals surface area contributed by atoms with E-state index in [1.807, 2.05) is 12.1 Å². The summed E-state index contributed by atoms with van der Waals surface area (Å²) in [5, 5.41) is 2.34. The van der Waals surface area contributed by atoms with Crippen LogP contribution in [0.25, 0.3) is 0 Å². The van der Waals surface area contributed by atoms with Gasteiger partial charge in [0.25, 0.3) is 0 Å². The summed E-state index contributed by atoms with van der Waals surface area (Å²) in [6, 6.07) is 9.14. The molecule has 2 aliphatic heterocycles. The second-order valence-electron chi connectivity index (χ2n) is 5.80. The van der Waals surface area contributed by atoms with Crippen LogP contribution >= 0.6 is 11.8 Å². The molecule has 0 spiro atoms.